The van der Waals surface area contributed by atoms with Gasteiger partial charge in [0.2, 0.25) is 5.91 Å². The van der Waals surface area contributed by atoms with Crippen LogP contribution >= 0.6 is 0 Å². The lowest BCUT2D eigenvalue weighted by Gasteiger charge is -2.24. The van der Waals surface area contributed by atoms with Crippen molar-refractivity contribution in [2.45, 2.75) is 25.9 Å². The maximum absolute atomic E-state index is 11.2. The van der Waals surface area contributed by atoms with E-state index < -0.39 is 6.10 Å². The SMILES string of the molecule is CC[C@@H](O)c1ccccc1N(C)CCC(=O)NC. The minimum atomic E-state index is -0.455. The van der Waals surface area contributed by atoms with Gasteiger partial charge >= 0.3 is 0 Å². The number of nitrogens with one attached hydrogen (secondary N) is 1. The Labute approximate surface area is 109 Å². The van der Waals surface area contributed by atoms with Crippen molar-refractivity contribution in [3.8, 4) is 0 Å². The second kappa shape index (κ2) is 7.01. The van der Waals surface area contributed by atoms with Crippen LogP contribution in [0.5, 0.6) is 0 Å². The Hall–Kier alpha value is -1.55. The van der Waals surface area contributed by atoms with Crippen molar-refractivity contribution >= 4 is 11.6 Å². The Kier molecular flexibility index (Phi) is 5.65. The summed E-state index contributed by atoms with van der Waals surface area (Å²) in [5.74, 6) is 0.0235. The van der Waals surface area contributed by atoms with Crippen LogP contribution in [0.2, 0.25) is 0 Å². The fourth-order valence-electron chi connectivity index (χ4n) is 1.85. The number of aliphatic hydroxyl groups is 1. The highest BCUT2D eigenvalue weighted by Crippen LogP contribution is 2.27. The molecule has 0 unspecified atom stereocenters. The number of nitrogens with zero attached hydrogens (tertiary/aromatic N) is 1. The third-order valence-corrected chi connectivity index (χ3v) is 3.05. The van der Waals surface area contributed by atoms with Crippen molar-refractivity contribution in [1.82, 2.24) is 5.32 Å². The standard InChI is InChI=1S/C14H22N2O2/c1-4-13(17)11-7-5-6-8-12(11)16(3)10-9-14(18)15-2/h5-8,13,17H,4,9-10H2,1-3H3,(H,15,18)/t13-/m1/s1. The van der Waals surface area contributed by atoms with Gasteiger partial charge in [-0.05, 0) is 12.5 Å². The van der Waals surface area contributed by atoms with Crippen LogP contribution in [0, 0.1) is 0 Å². The maximum atomic E-state index is 11.2. The molecule has 1 aromatic rings. The summed E-state index contributed by atoms with van der Waals surface area (Å²) >= 11 is 0. The molecular weight excluding hydrogens is 228 g/mol. The second-order valence-electron chi connectivity index (χ2n) is 4.33. The Morgan fingerprint density at radius 3 is 2.72 bits per heavy atom. The quantitative estimate of drug-likeness (QED) is 0.808. The number of anilines is 1. The molecule has 0 heterocycles. The van der Waals surface area contributed by atoms with E-state index in [4.69, 9.17) is 0 Å². The Balaban J connectivity index is 2.78. The van der Waals surface area contributed by atoms with Gasteiger partial charge in [-0.15, -0.1) is 0 Å². The third kappa shape index (κ3) is 3.74. The average Bonchev–Trinajstić information content (AvgIpc) is 2.43. The first-order chi connectivity index (χ1) is 8.60. The van der Waals surface area contributed by atoms with Gasteiger partial charge in [0.25, 0.3) is 0 Å². The van der Waals surface area contributed by atoms with Crippen molar-refractivity contribution < 1.29 is 9.90 Å². The van der Waals surface area contributed by atoms with E-state index in [0.717, 1.165) is 11.3 Å². The number of carbonyl (C=O) groups is 1. The van der Waals surface area contributed by atoms with Gasteiger partial charge < -0.3 is 15.3 Å². The molecule has 0 aromatic heterocycles. The van der Waals surface area contributed by atoms with E-state index in [1.165, 1.54) is 0 Å². The van der Waals surface area contributed by atoms with Crippen molar-refractivity contribution in [3.63, 3.8) is 0 Å². The predicted octanol–water partition coefficient (Wildman–Crippen LogP) is 1.70. The number of benzene rings is 1. The number of amides is 1. The van der Waals surface area contributed by atoms with E-state index in [-0.39, 0.29) is 5.91 Å². The zero-order valence-electron chi connectivity index (χ0n) is 11.3. The van der Waals surface area contributed by atoms with E-state index in [1.807, 2.05) is 43.1 Å². The van der Waals surface area contributed by atoms with Crippen LogP contribution in [-0.4, -0.2) is 31.7 Å². The van der Waals surface area contributed by atoms with Crippen molar-refractivity contribution in [2.75, 3.05) is 25.5 Å². The zero-order valence-corrected chi connectivity index (χ0v) is 11.3. The van der Waals surface area contributed by atoms with Crippen molar-refractivity contribution in [2.24, 2.45) is 0 Å². The molecule has 4 nitrogen and oxygen atoms in total. The number of hydrogen-bond donors (Lipinski definition) is 2. The molecule has 1 atom stereocenters. The lowest BCUT2D eigenvalue weighted by atomic mass is 10.0. The Morgan fingerprint density at radius 2 is 2.11 bits per heavy atom. The van der Waals surface area contributed by atoms with Gasteiger partial charge in [-0.1, -0.05) is 25.1 Å². The molecule has 0 aliphatic heterocycles. The maximum Gasteiger partial charge on any atom is 0.221 e. The molecule has 1 aromatic carbocycles. The molecule has 100 valence electrons. The number of hydrogen-bond acceptors (Lipinski definition) is 3. The van der Waals surface area contributed by atoms with Crippen LogP contribution in [0.3, 0.4) is 0 Å². The summed E-state index contributed by atoms with van der Waals surface area (Å²) in [6.45, 7) is 2.58. The topological polar surface area (TPSA) is 52.6 Å². The summed E-state index contributed by atoms with van der Waals surface area (Å²) in [4.78, 5) is 13.2. The molecule has 0 spiro atoms. The van der Waals surface area contributed by atoms with Crippen LogP contribution < -0.4 is 10.2 Å². The molecule has 0 saturated heterocycles. The van der Waals surface area contributed by atoms with Crippen LogP contribution in [0.1, 0.15) is 31.4 Å². The third-order valence-electron chi connectivity index (χ3n) is 3.05. The monoisotopic (exact) mass is 250 g/mol. The smallest absolute Gasteiger partial charge is 0.221 e. The number of rotatable bonds is 6. The molecule has 2 N–H and O–H groups in total. The highest BCUT2D eigenvalue weighted by Gasteiger charge is 2.13. The van der Waals surface area contributed by atoms with Gasteiger partial charge in [-0.3, -0.25) is 4.79 Å². The molecule has 0 aliphatic carbocycles. The van der Waals surface area contributed by atoms with Gasteiger partial charge in [0, 0.05) is 38.3 Å². The summed E-state index contributed by atoms with van der Waals surface area (Å²) in [6.07, 6.45) is 0.674. The van der Waals surface area contributed by atoms with Gasteiger partial charge in [-0.25, -0.2) is 0 Å². The van der Waals surface area contributed by atoms with E-state index in [9.17, 15) is 9.90 Å². The fraction of sp³-hybridized carbons (Fsp3) is 0.500. The second-order valence-corrected chi connectivity index (χ2v) is 4.33. The Bertz CT molecular complexity index is 393. The highest BCUT2D eigenvalue weighted by molar-refractivity contribution is 5.76. The fourth-order valence-corrected chi connectivity index (χ4v) is 1.85. The molecule has 4 heteroatoms. The lowest BCUT2D eigenvalue weighted by molar-refractivity contribution is -0.120. The summed E-state index contributed by atoms with van der Waals surface area (Å²) in [5.41, 5.74) is 1.90. The first-order valence-corrected chi connectivity index (χ1v) is 6.28. The van der Waals surface area contributed by atoms with Gasteiger partial charge in [0.15, 0.2) is 0 Å². The minimum absolute atomic E-state index is 0.0235. The highest BCUT2D eigenvalue weighted by atomic mass is 16.3. The van der Waals surface area contributed by atoms with Gasteiger partial charge in [0.05, 0.1) is 6.10 Å². The molecule has 18 heavy (non-hydrogen) atoms. The molecular formula is C14H22N2O2. The van der Waals surface area contributed by atoms with E-state index in [0.29, 0.717) is 19.4 Å². The number of para-hydroxylation sites is 1. The summed E-state index contributed by atoms with van der Waals surface area (Å²) in [7, 11) is 3.57. The first-order valence-electron chi connectivity index (χ1n) is 6.28. The summed E-state index contributed by atoms with van der Waals surface area (Å²) in [6, 6.07) is 7.76. The number of carbonyl (C=O) groups excluding carboxylic acids is 1. The normalized spacial score (nSPS) is 12.0. The predicted molar refractivity (Wildman–Crippen MR) is 73.6 cm³/mol. The first kappa shape index (κ1) is 14.5. The van der Waals surface area contributed by atoms with Gasteiger partial charge in [0.1, 0.15) is 0 Å². The number of aliphatic hydroxyl groups excluding tert-OH is 1. The molecule has 1 rings (SSSR count). The van der Waals surface area contributed by atoms with E-state index in [1.54, 1.807) is 7.05 Å². The average molecular weight is 250 g/mol. The van der Waals surface area contributed by atoms with Crippen molar-refractivity contribution in [3.05, 3.63) is 29.8 Å². The van der Waals surface area contributed by atoms with Crippen LogP contribution in [0.15, 0.2) is 24.3 Å². The Morgan fingerprint density at radius 1 is 1.44 bits per heavy atom. The molecule has 0 radical (unpaired) electrons. The largest absolute Gasteiger partial charge is 0.388 e. The molecule has 0 bridgehead atoms. The summed E-state index contributed by atoms with van der Waals surface area (Å²) < 4.78 is 0. The summed E-state index contributed by atoms with van der Waals surface area (Å²) in [5, 5.41) is 12.6. The van der Waals surface area contributed by atoms with Crippen LogP contribution in [-0.2, 0) is 4.79 Å². The molecule has 0 aliphatic rings. The van der Waals surface area contributed by atoms with E-state index in [2.05, 4.69) is 5.32 Å². The minimum Gasteiger partial charge on any atom is -0.388 e. The van der Waals surface area contributed by atoms with Crippen LogP contribution in [0.25, 0.3) is 0 Å². The lowest BCUT2D eigenvalue weighted by Crippen LogP contribution is -2.27. The van der Waals surface area contributed by atoms with Crippen LogP contribution in [0.4, 0.5) is 5.69 Å². The zero-order chi connectivity index (χ0) is 13.5. The van der Waals surface area contributed by atoms with Gasteiger partial charge in [-0.2, -0.15) is 0 Å². The molecule has 0 fully saturated rings. The van der Waals surface area contributed by atoms with Crippen molar-refractivity contribution in [1.29, 1.82) is 0 Å². The molecule has 0 saturated carbocycles. The molecule has 1 amide bonds. The van der Waals surface area contributed by atoms with E-state index >= 15 is 0 Å².